The standard InChI is InChI=1S/C20H34N2O2S/c23-18-3-1-5-22(13-18)6-2-4-21-19(24)14-25-20-10-15-7-16(11-20)9-17(8-15)12-20/h15-18,23H,1-14H2,(H,21,24)/t15?,16?,17?,18-,20?/m1/s1. The maximum atomic E-state index is 12.3. The van der Waals surface area contributed by atoms with E-state index in [0.717, 1.165) is 63.2 Å². The van der Waals surface area contributed by atoms with Crippen LogP contribution in [0.2, 0.25) is 0 Å². The van der Waals surface area contributed by atoms with Crippen molar-refractivity contribution >= 4 is 17.7 Å². The van der Waals surface area contributed by atoms with E-state index in [2.05, 4.69) is 10.2 Å². The van der Waals surface area contributed by atoms with Gasteiger partial charge < -0.3 is 15.3 Å². The molecule has 1 amide bonds. The number of likely N-dealkylation sites (tertiary alicyclic amines) is 1. The lowest BCUT2D eigenvalue weighted by molar-refractivity contribution is -0.118. The van der Waals surface area contributed by atoms with Gasteiger partial charge in [0.25, 0.3) is 0 Å². The van der Waals surface area contributed by atoms with Gasteiger partial charge >= 0.3 is 0 Å². The number of β-amino-alcohol motifs (C(OH)–C–C–N with tert-alkyl or cyclic N) is 1. The van der Waals surface area contributed by atoms with Gasteiger partial charge in [-0.2, -0.15) is 0 Å². The van der Waals surface area contributed by atoms with E-state index >= 15 is 0 Å². The maximum absolute atomic E-state index is 12.3. The van der Waals surface area contributed by atoms with Gasteiger partial charge in [0.05, 0.1) is 11.9 Å². The van der Waals surface area contributed by atoms with E-state index in [0.29, 0.717) is 10.5 Å². The molecule has 1 atom stereocenters. The molecule has 1 aliphatic heterocycles. The second-order valence-corrected chi connectivity index (χ2v) is 10.6. The van der Waals surface area contributed by atoms with Crippen LogP contribution in [0.3, 0.4) is 0 Å². The van der Waals surface area contributed by atoms with Crippen LogP contribution in [0.15, 0.2) is 0 Å². The molecule has 1 heterocycles. The van der Waals surface area contributed by atoms with Gasteiger partial charge in [-0.25, -0.2) is 0 Å². The molecule has 1 saturated heterocycles. The van der Waals surface area contributed by atoms with E-state index in [1.54, 1.807) is 0 Å². The Morgan fingerprint density at radius 3 is 2.48 bits per heavy atom. The first-order valence-electron chi connectivity index (χ1n) is 10.4. The molecule has 5 rings (SSSR count). The Morgan fingerprint density at radius 1 is 1.16 bits per heavy atom. The normalized spacial score (nSPS) is 40.4. The topological polar surface area (TPSA) is 52.6 Å². The van der Waals surface area contributed by atoms with Crippen LogP contribution in [0.5, 0.6) is 0 Å². The van der Waals surface area contributed by atoms with E-state index in [4.69, 9.17) is 0 Å². The third kappa shape index (κ3) is 4.54. The van der Waals surface area contributed by atoms with Crippen molar-refractivity contribution in [1.82, 2.24) is 10.2 Å². The first-order chi connectivity index (χ1) is 12.1. The molecule has 0 spiro atoms. The quantitative estimate of drug-likeness (QED) is 0.680. The number of carbonyl (C=O) groups is 1. The predicted octanol–water partition coefficient (Wildman–Crippen LogP) is 2.65. The average molecular weight is 367 g/mol. The molecular weight excluding hydrogens is 332 g/mol. The molecule has 2 N–H and O–H groups in total. The van der Waals surface area contributed by atoms with Gasteiger partial charge in [0.15, 0.2) is 0 Å². The van der Waals surface area contributed by atoms with Crippen molar-refractivity contribution in [2.75, 3.05) is 31.9 Å². The summed E-state index contributed by atoms with van der Waals surface area (Å²) in [6, 6.07) is 0. The largest absolute Gasteiger partial charge is 0.392 e. The number of piperidine rings is 1. The van der Waals surface area contributed by atoms with E-state index < -0.39 is 0 Å². The fourth-order valence-electron chi connectivity index (χ4n) is 6.24. The molecule has 4 aliphatic carbocycles. The molecule has 5 aliphatic rings. The second kappa shape index (κ2) is 7.77. The fourth-order valence-corrected chi connectivity index (χ4v) is 7.84. The van der Waals surface area contributed by atoms with Crippen molar-refractivity contribution in [3.05, 3.63) is 0 Å². The van der Waals surface area contributed by atoms with Crippen LogP contribution in [0.1, 0.15) is 57.8 Å². The number of nitrogens with zero attached hydrogens (tertiary/aromatic N) is 1. The number of rotatable bonds is 7. The second-order valence-electron chi connectivity index (χ2n) is 9.19. The highest BCUT2D eigenvalue weighted by atomic mass is 32.2. The smallest absolute Gasteiger partial charge is 0.230 e. The number of hydrogen-bond acceptors (Lipinski definition) is 4. The zero-order chi connectivity index (χ0) is 17.3. The van der Waals surface area contributed by atoms with Crippen LogP contribution in [0.4, 0.5) is 0 Å². The van der Waals surface area contributed by atoms with Crippen LogP contribution in [0.25, 0.3) is 0 Å². The van der Waals surface area contributed by atoms with Crippen LogP contribution in [-0.2, 0) is 4.79 Å². The SMILES string of the molecule is O=C(CSC12CC3CC(CC(C3)C1)C2)NCCCN1CCC[C@@H](O)C1. The van der Waals surface area contributed by atoms with Gasteiger partial charge in [0, 0.05) is 17.8 Å². The molecular formula is C20H34N2O2S. The molecule has 0 aromatic heterocycles. The number of aliphatic hydroxyl groups is 1. The van der Waals surface area contributed by atoms with Crippen molar-refractivity contribution in [3.8, 4) is 0 Å². The summed E-state index contributed by atoms with van der Waals surface area (Å²) in [5, 5.41) is 12.8. The molecule has 5 heteroatoms. The van der Waals surface area contributed by atoms with Gasteiger partial charge in [-0.15, -0.1) is 11.8 Å². The zero-order valence-corrected chi connectivity index (χ0v) is 16.2. The summed E-state index contributed by atoms with van der Waals surface area (Å²) < 4.78 is 0.441. The van der Waals surface area contributed by atoms with Gasteiger partial charge in [0.2, 0.25) is 5.91 Å². The van der Waals surface area contributed by atoms with Crippen LogP contribution in [0, 0.1) is 17.8 Å². The van der Waals surface area contributed by atoms with E-state index in [9.17, 15) is 9.90 Å². The lowest BCUT2D eigenvalue weighted by atomic mass is 9.56. The third-order valence-electron chi connectivity index (χ3n) is 6.95. The van der Waals surface area contributed by atoms with Crippen molar-refractivity contribution < 1.29 is 9.90 Å². The van der Waals surface area contributed by atoms with Crippen molar-refractivity contribution in [2.24, 2.45) is 17.8 Å². The number of aliphatic hydroxyl groups excluding tert-OH is 1. The molecule has 4 bridgehead atoms. The number of thioether (sulfide) groups is 1. The Labute approximate surface area is 156 Å². The Hall–Kier alpha value is -0.260. The van der Waals surface area contributed by atoms with Crippen molar-refractivity contribution in [2.45, 2.75) is 68.6 Å². The molecule has 0 aromatic rings. The highest BCUT2D eigenvalue weighted by molar-refractivity contribution is 8.01. The minimum absolute atomic E-state index is 0.153. The molecule has 142 valence electrons. The number of hydrogen-bond donors (Lipinski definition) is 2. The predicted molar refractivity (Wildman–Crippen MR) is 103 cm³/mol. The monoisotopic (exact) mass is 366 g/mol. The minimum atomic E-state index is -0.153. The van der Waals surface area contributed by atoms with Crippen LogP contribution in [-0.4, -0.2) is 58.7 Å². The van der Waals surface area contributed by atoms with Crippen LogP contribution < -0.4 is 5.32 Å². The molecule has 0 radical (unpaired) electrons. The summed E-state index contributed by atoms with van der Waals surface area (Å²) in [6.07, 6.45) is 11.4. The molecule has 25 heavy (non-hydrogen) atoms. The van der Waals surface area contributed by atoms with E-state index in [-0.39, 0.29) is 12.0 Å². The van der Waals surface area contributed by atoms with Crippen molar-refractivity contribution in [3.63, 3.8) is 0 Å². The Morgan fingerprint density at radius 2 is 1.84 bits per heavy atom. The highest BCUT2D eigenvalue weighted by Gasteiger charge is 2.51. The Balaban J connectivity index is 1.13. The average Bonchev–Trinajstić information content (AvgIpc) is 2.56. The summed E-state index contributed by atoms with van der Waals surface area (Å²) >= 11 is 1.97. The Kier molecular flexibility index (Phi) is 5.63. The highest BCUT2D eigenvalue weighted by Crippen LogP contribution is 2.60. The summed E-state index contributed by atoms with van der Waals surface area (Å²) in [5.41, 5.74) is 0. The van der Waals surface area contributed by atoms with E-state index in [1.807, 2.05) is 11.8 Å². The summed E-state index contributed by atoms with van der Waals surface area (Å²) in [4.78, 5) is 14.6. The third-order valence-corrected chi connectivity index (χ3v) is 8.46. The fraction of sp³-hybridized carbons (Fsp3) is 0.950. The van der Waals surface area contributed by atoms with Gasteiger partial charge in [-0.1, -0.05) is 0 Å². The van der Waals surface area contributed by atoms with Gasteiger partial charge in [-0.3, -0.25) is 4.79 Å². The van der Waals surface area contributed by atoms with Gasteiger partial charge in [-0.05, 0) is 88.6 Å². The molecule has 0 unspecified atom stereocenters. The number of nitrogens with one attached hydrogen (secondary N) is 1. The first kappa shape index (κ1) is 18.1. The first-order valence-corrected chi connectivity index (χ1v) is 11.4. The number of amides is 1. The summed E-state index contributed by atoms with van der Waals surface area (Å²) in [6.45, 7) is 3.65. The molecule has 4 nitrogen and oxygen atoms in total. The summed E-state index contributed by atoms with van der Waals surface area (Å²) in [7, 11) is 0. The Bertz CT molecular complexity index is 449. The number of carbonyl (C=O) groups excluding carboxylic acids is 1. The van der Waals surface area contributed by atoms with Crippen molar-refractivity contribution in [1.29, 1.82) is 0 Å². The zero-order valence-electron chi connectivity index (χ0n) is 15.4. The van der Waals surface area contributed by atoms with Crippen LogP contribution >= 0.6 is 11.8 Å². The molecule has 5 fully saturated rings. The lowest BCUT2D eigenvalue weighted by Gasteiger charge is -2.56. The maximum Gasteiger partial charge on any atom is 0.230 e. The lowest BCUT2D eigenvalue weighted by Crippen LogP contribution is -2.49. The van der Waals surface area contributed by atoms with Gasteiger partial charge in [0.1, 0.15) is 0 Å². The van der Waals surface area contributed by atoms with E-state index in [1.165, 1.54) is 38.5 Å². The molecule has 0 aromatic carbocycles. The minimum Gasteiger partial charge on any atom is -0.392 e. The molecule has 4 saturated carbocycles. The summed E-state index contributed by atoms with van der Waals surface area (Å²) in [5.74, 6) is 3.75.